The topological polar surface area (TPSA) is 126 Å². The number of esters is 1. The van der Waals surface area contributed by atoms with Crippen LogP contribution in [0.15, 0.2) is 47.5 Å². The largest absolute Gasteiger partial charge is 0.481 e. The molecule has 0 N–H and O–H groups in total. The molecule has 0 bridgehead atoms. The molecule has 0 saturated carbocycles. The summed E-state index contributed by atoms with van der Waals surface area (Å²) in [4.78, 5) is 26.3. The lowest BCUT2D eigenvalue weighted by atomic mass is 10.0. The summed E-state index contributed by atoms with van der Waals surface area (Å²) in [5.74, 6) is -1.76. The van der Waals surface area contributed by atoms with Crippen molar-refractivity contribution in [3.63, 3.8) is 0 Å². The molecule has 0 saturated heterocycles. The Labute approximate surface area is 194 Å². The van der Waals surface area contributed by atoms with Crippen molar-refractivity contribution in [1.82, 2.24) is 4.98 Å². The highest BCUT2D eigenvalue weighted by Crippen LogP contribution is 2.27. The molecule has 0 fully saturated rings. The van der Waals surface area contributed by atoms with Crippen LogP contribution >= 0.6 is 0 Å². The number of ether oxygens (including phenoxy) is 2. The van der Waals surface area contributed by atoms with Crippen molar-refractivity contribution < 1.29 is 27.6 Å². The fourth-order valence-corrected chi connectivity index (χ4v) is 4.22. The van der Waals surface area contributed by atoms with E-state index in [4.69, 9.17) is 9.47 Å². The Morgan fingerprint density at radius 3 is 2.52 bits per heavy atom. The van der Waals surface area contributed by atoms with Crippen LogP contribution < -0.4 is 4.74 Å². The van der Waals surface area contributed by atoms with E-state index in [-0.39, 0.29) is 31.3 Å². The molecule has 9 nitrogen and oxygen atoms in total. The zero-order valence-corrected chi connectivity index (χ0v) is 19.8. The standard InChI is InChI=1S/C23H30N2O7S/c1-3-5-9-18(4-2)16-32-22(26)14-15-33(29,30)21-13-12-20(23(24-21)25(27)28)31-17-19-10-7-6-8-11-19/h6-8,10-13,18H,3-5,9,14-17H2,1-2H3. The van der Waals surface area contributed by atoms with E-state index in [1.54, 1.807) is 24.3 Å². The normalized spacial score (nSPS) is 12.2. The molecule has 0 radical (unpaired) electrons. The van der Waals surface area contributed by atoms with E-state index >= 15 is 0 Å². The quantitative estimate of drug-likeness (QED) is 0.221. The summed E-state index contributed by atoms with van der Waals surface area (Å²) in [6.45, 7) is 4.43. The lowest BCUT2D eigenvalue weighted by Crippen LogP contribution is -2.18. The Bertz CT molecular complexity index is 1030. The van der Waals surface area contributed by atoms with Crippen LogP contribution in [0.25, 0.3) is 0 Å². The van der Waals surface area contributed by atoms with Crippen LogP contribution in [0.2, 0.25) is 0 Å². The lowest BCUT2D eigenvalue weighted by molar-refractivity contribution is -0.391. The van der Waals surface area contributed by atoms with Crippen LogP contribution in [0.5, 0.6) is 5.75 Å². The van der Waals surface area contributed by atoms with Gasteiger partial charge in [0.1, 0.15) is 6.61 Å². The second-order valence-corrected chi connectivity index (χ2v) is 9.73. The third-order valence-corrected chi connectivity index (χ3v) is 6.75. The van der Waals surface area contributed by atoms with Gasteiger partial charge in [0.25, 0.3) is 5.03 Å². The number of sulfone groups is 1. The number of hydrogen-bond acceptors (Lipinski definition) is 8. The van der Waals surface area contributed by atoms with Crippen LogP contribution in [-0.2, 0) is 26.0 Å². The second kappa shape index (κ2) is 12.9. The molecule has 2 aromatic rings. The van der Waals surface area contributed by atoms with Crippen molar-refractivity contribution in [2.75, 3.05) is 12.4 Å². The molecule has 1 aromatic heterocycles. The van der Waals surface area contributed by atoms with Gasteiger partial charge in [0, 0.05) is 6.07 Å². The molecule has 0 aliphatic carbocycles. The molecule has 0 aliphatic rings. The molecule has 180 valence electrons. The summed E-state index contributed by atoms with van der Waals surface area (Å²) in [5, 5.41) is 10.9. The van der Waals surface area contributed by atoms with E-state index in [0.717, 1.165) is 37.3 Å². The summed E-state index contributed by atoms with van der Waals surface area (Å²) >= 11 is 0. The molecule has 10 heteroatoms. The molecule has 1 aromatic carbocycles. The van der Waals surface area contributed by atoms with Gasteiger partial charge in [-0.2, -0.15) is 0 Å². The average Bonchev–Trinajstić information content (AvgIpc) is 2.82. The number of carbonyl (C=O) groups is 1. The Balaban J connectivity index is 2.00. The summed E-state index contributed by atoms with van der Waals surface area (Å²) in [6, 6.07) is 11.4. The zero-order chi connectivity index (χ0) is 24.3. The van der Waals surface area contributed by atoms with Gasteiger partial charge in [-0.25, -0.2) is 8.42 Å². The van der Waals surface area contributed by atoms with E-state index in [2.05, 4.69) is 11.9 Å². The third-order valence-electron chi connectivity index (χ3n) is 5.14. The monoisotopic (exact) mass is 478 g/mol. The van der Waals surface area contributed by atoms with Gasteiger partial charge in [-0.1, -0.05) is 63.4 Å². The van der Waals surface area contributed by atoms with Crippen molar-refractivity contribution in [2.45, 2.75) is 57.6 Å². The van der Waals surface area contributed by atoms with Crippen molar-refractivity contribution in [2.24, 2.45) is 5.92 Å². The van der Waals surface area contributed by atoms with Gasteiger partial charge in [0.15, 0.2) is 0 Å². The summed E-state index contributed by atoms with van der Waals surface area (Å²) in [6.07, 6.45) is 3.56. The third kappa shape index (κ3) is 8.45. The van der Waals surface area contributed by atoms with E-state index in [0.29, 0.717) is 0 Å². The maximum atomic E-state index is 12.6. The van der Waals surface area contributed by atoms with Crippen molar-refractivity contribution in [3.05, 3.63) is 58.1 Å². The average molecular weight is 479 g/mol. The SMILES string of the molecule is CCCCC(CC)COC(=O)CCS(=O)(=O)c1ccc(OCc2ccccc2)c([N+](=O)[O-])n1. The Hall–Kier alpha value is -3.01. The van der Waals surface area contributed by atoms with Gasteiger partial charge in [-0.15, -0.1) is 0 Å². The van der Waals surface area contributed by atoms with Gasteiger partial charge >= 0.3 is 11.8 Å². The molecule has 2 rings (SSSR count). The fraction of sp³-hybridized carbons (Fsp3) is 0.478. The number of nitro groups is 1. The fourth-order valence-electron chi connectivity index (χ4n) is 3.07. The highest BCUT2D eigenvalue weighted by molar-refractivity contribution is 7.91. The molecule has 0 aliphatic heterocycles. The summed E-state index contributed by atoms with van der Waals surface area (Å²) in [5.41, 5.74) is 0.794. The minimum atomic E-state index is -4.03. The molecule has 1 heterocycles. The predicted molar refractivity (Wildman–Crippen MR) is 123 cm³/mol. The first-order valence-electron chi connectivity index (χ1n) is 11.0. The van der Waals surface area contributed by atoms with E-state index in [1.807, 2.05) is 13.0 Å². The zero-order valence-electron chi connectivity index (χ0n) is 18.9. The Morgan fingerprint density at radius 2 is 1.88 bits per heavy atom. The maximum Gasteiger partial charge on any atom is 0.407 e. The van der Waals surface area contributed by atoms with Crippen LogP contribution in [0, 0.1) is 16.0 Å². The van der Waals surface area contributed by atoms with Crippen molar-refractivity contribution >= 4 is 21.6 Å². The number of hydrogen-bond donors (Lipinski definition) is 0. The second-order valence-electron chi connectivity index (χ2n) is 7.67. The number of aromatic nitrogens is 1. The van der Waals surface area contributed by atoms with E-state index in [9.17, 15) is 23.3 Å². The van der Waals surface area contributed by atoms with Gasteiger partial charge in [-0.05, 0) is 33.9 Å². The Morgan fingerprint density at radius 1 is 1.15 bits per heavy atom. The van der Waals surface area contributed by atoms with Crippen LogP contribution in [0.4, 0.5) is 5.82 Å². The van der Waals surface area contributed by atoms with E-state index in [1.165, 1.54) is 6.07 Å². The van der Waals surface area contributed by atoms with Gasteiger partial charge in [0.2, 0.25) is 15.6 Å². The van der Waals surface area contributed by atoms with Gasteiger partial charge in [0.05, 0.1) is 18.8 Å². The molecule has 1 atom stereocenters. The highest BCUT2D eigenvalue weighted by atomic mass is 32.2. The smallest absolute Gasteiger partial charge is 0.407 e. The molecular weight excluding hydrogens is 448 g/mol. The predicted octanol–water partition coefficient (Wildman–Crippen LogP) is 4.49. The first kappa shape index (κ1) is 26.2. The van der Waals surface area contributed by atoms with Crippen LogP contribution in [-0.4, -0.2) is 36.7 Å². The van der Waals surface area contributed by atoms with Crippen LogP contribution in [0.1, 0.15) is 51.5 Å². The van der Waals surface area contributed by atoms with Crippen molar-refractivity contribution in [3.8, 4) is 5.75 Å². The summed E-state index contributed by atoms with van der Waals surface area (Å²) < 4.78 is 35.9. The van der Waals surface area contributed by atoms with Crippen molar-refractivity contribution in [1.29, 1.82) is 0 Å². The minimum Gasteiger partial charge on any atom is -0.481 e. The first-order chi connectivity index (χ1) is 15.8. The molecule has 0 spiro atoms. The highest BCUT2D eigenvalue weighted by Gasteiger charge is 2.28. The summed E-state index contributed by atoms with van der Waals surface area (Å²) in [7, 11) is -4.03. The molecule has 1 unspecified atom stereocenters. The van der Waals surface area contributed by atoms with Gasteiger partial charge in [-0.3, -0.25) is 4.79 Å². The molecular formula is C23H30N2O7S. The first-order valence-corrected chi connectivity index (χ1v) is 12.6. The van der Waals surface area contributed by atoms with Crippen LogP contribution in [0.3, 0.4) is 0 Å². The number of nitrogens with zero attached hydrogens (tertiary/aromatic N) is 2. The number of benzene rings is 1. The lowest BCUT2D eigenvalue weighted by Gasteiger charge is -2.14. The van der Waals surface area contributed by atoms with E-state index < -0.39 is 37.3 Å². The Kier molecular flexibility index (Phi) is 10.2. The maximum absolute atomic E-state index is 12.6. The minimum absolute atomic E-state index is 0.0678. The van der Waals surface area contributed by atoms with Gasteiger partial charge < -0.3 is 19.6 Å². The molecule has 0 amide bonds. The molecule has 33 heavy (non-hydrogen) atoms. The number of carbonyl (C=O) groups excluding carboxylic acids is 1. The number of unbranched alkanes of at least 4 members (excludes halogenated alkanes) is 1. The number of rotatable bonds is 14. The number of pyridine rings is 1.